The molecule has 0 unspecified atom stereocenters. The van der Waals surface area contributed by atoms with Crippen molar-refractivity contribution in [2.24, 2.45) is 17.6 Å². The van der Waals surface area contributed by atoms with Gasteiger partial charge in [0.25, 0.3) is 0 Å². The highest BCUT2D eigenvalue weighted by Gasteiger charge is 2.41. The molecule has 3 aliphatic rings. The first-order chi connectivity index (χ1) is 17.9. The molecular formula is C30H44N4O3. The standard InChI is InChI=1S/C30H44N4O3/c1-3-21(2)27(33-28(36)25(32-26(35)20-31)19-22-9-5-4-6-10-22)29(37)34-17-15-30(16-18-34)14-13-23-11-7-8-12-24(23)30/h7-8,11-14,21-22,25,27H,3-6,9-10,15-20,31H2,1-2H3,(H,32,35)(H,33,36)/t21-,25-,27-/m0/s1. The molecule has 3 amide bonds. The van der Waals surface area contributed by atoms with Gasteiger partial charge in [-0.1, -0.05) is 88.8 Å². The summed E-state index contributed by atoms with van der Waals surface area (Å²) in [7, 11) is 0. The summed E-state index contributed by atoms with van der Waals surface area (Å²) < 4.78 is 0. The Kier molecular flexibility index (Phi) is 9.06. The van der Waals surface area contributed by atoms with Crippen molar-refractivity contribution in [1.82, 2.24) is 15.5 Å². The highest BCUT2D eigenvalue weighted by molar-refractivity contribution is 5.92. The van der Waals surface area contributed by atoms with E-state index in [2.05, 4.69) is 47.1 Å². The molecule has 37 heavy (non-hydrogen) atoms. The zero-order valence-corrected chi connectivity index (χ0v) is 22.5. The lowest BCUT2D eigenvalue weighted by Gasteiger charge is -2.41. The molecule has 2 aliphatic carbocycles. The Balaban J connectivity index is 1.43. The van der Waals surface area contributed by atoms with Crippen molar-refractivity contribution >= 4 is 23.8 Å². The van der Waals surface area contributed by atoms with Crippen molar-refractivity contribution in [3.8, 4) is 0 Å². The minimum absolute atomic E-state index is 0.0000867. The fourth-order valence-corrected chi connectivity index (χ4v) is 6.37. The molecule has 3 atom stereocenters. The number of amides is 3. The molecule has 1 saturated heterocycles. The topological polar surface area (TPSA) is 105 Å². The van der Waals surface area contributed by atoms with E-state index in [0.717, 1.165) is 44.9 Å². The van der Waals surface area contributed by atoms with Gasteiger partial charge < -0.3 is 21.3 Å². The van der Waals surface area contributed by atoms with E-state index < -0.39 is 12.1 Å². The Morgan fingerprint density at radius 2 is 1.78 bits per heavy atom. The molecule has 202 valence electrons. The summed E-state index contributed by atoms with van der Waals surface area (Å²) in [5, 5.41) is 5.89. The largest absolute Gasteiger partial charge is 0.343 e. The minimum Gasteiger partial charge on any atom is -0.343 e. The van der Waals surface area contributed by atoms with Crippen molar-refractivity contribution in [3.05, 3.63) is 41.5 Å². The average Bonchev–Trinajstić information content (AvgIpc) is 3.29. The monoisotopic (exact) mass is 508 g/mol. The molecule has 4 rings (SSSR count). The van der Waals surface area contributed by atoms with Gasteiger partial charge in [0, 0.05) is 18.5 Å². The number of carbonyl (C=O) groups excluding carboxylic acids is 3. The number of nitrogens with one attached hydrogen (secondary N) is 2. The van der Waals surface area contributed by atoms with E-state index in [1.54, 1.807) is 0 Å². The maximum Gasteiger partial charge on any atom is 0.245 e. The lowest BCUT2D eigenvalue weighted by molar-refractivity contribution is -0.140. The van der Waals surface area contributed by atoms with Crippen LogP contribution in [0.15, 0.2) is 30.3 Å². The summed E-state index contributed by atoms with van der Waals surface area (Å²) in [5.41, 5.74) is 8.17. The van der Waals surface area contributed by atoms with E-state index in [1.165, 1.54) is 17.5 Å². The molecule has 1 aliphatic heterocycles. The van der Waals surface area contributed by atoms with E-state index in [4.69, 9.17) is 5.73 Å². The van der Waals surface area contributed by atoms with Gasteiger partial charge in [0.1, 0.15) is 12.1 Å². The lowest BCUT2D eigenvalue weighted by Crippen LogP contribution is -2.58. The highest BCUT2D eigenvalue weighted by atomic mass is 16.2. The number of allylic oxidation sites excluding steroid dienone is 1. The van der Waals surface area contributed by atoms with Crippen LogP contribution in [0.3, 0.4) is 0 Å². The van der Waals surface area contributed by atoms with Gasteiger partial charge in [0.2, 0.25) is 17.7 Å². The molecule has 7 heteroatoms. The SMILES string of the molecule is CC[C@H](C)[C@H](NC(=O)[C@H](CC1CCCCC1)NC(=O)CN)C(=O)N1CCC2(C=Cc3ccccc32)CC1. The Labute approximate surface area is 221 Å². The van der Waals surface area contributed by atoms with Gasteiger partial charge in [0.15, 0.2) is 0 Å². The molecule has 1 saturated carbocycles. The highest BCUT2D eigenvalue weighted by Crippen LogP contribution is 2.43. The van der Waals surface area contributed by atoms with Crippen LogP contribution in [0.5, 0.6) is 0 Å². The number of nitrogens with zero attached hydrogens (tertiary/aromatic N) is 1. The van der Waals surface area contributed by atoms with E-state index in [9.17, 15) is 14.4 Å². The molecule has 4 N–H and O–H groups in total. The molecule has 7 nitrogen and oxygen atoms in total. The number of benzene rings is 1. The Morgan fingerprint density at radius 3 is 2.46 bits per heavy atom. The summed E-state index contributed by atoms with van der Waals surface area (Å²) in [5.74, 6) is -0.240. The van der Waals surface area contributed by atoms with E-state index >= 15 is 0 Å². The predicted octanol–water partition coefficient (Wildman–Crippen LogP) is 3.52. The van der Waals surface area contributed by atoms with Gasteiger partial charge in [0.05, 0.1) is 6.54 Å². The quantitative estimate of drug-likeness (QED) is 0.475. The number of hydrogen-bond acceptors (Lipinski definition) is 4. The number of rotatable bonds is 9. The van der Waals surface area contributed by atoms with E-state index in [-0.39, 0.29) is 35.6 Å². The second kappa shape index (κ2) is 12.2. The maximum absolute atomic E-state index is 13.8. The molecule has 0 aromatic heterocycles. The Bertz CT molecular complexity index is 992. The van der Waals surface area contributed by atoms with Crippen molar-refractivity contribution in [3.63, 3.8) is 0 Å². The first-order valence-electron chi connectivity index (χ1n) is 14.2. The van der Waals surface area contributed by atoms with Gasteiger partial charge >= 0.3 is 0 Å². The Morgan fingerprint density at radius 1 is 1.08 bits per heavy atom. The molecular weight excluding hydrogens is 464 g/mol. The van der Waals surface area contributed by atoms with Crippen LogP contribution in [0.4, 0.5) is 0 Å². The van der Waals surface area contributed by atoms with Crippen molar-refractivity contribution in [2.75, 3.05) is 19.6 Å². The number of likely N-dealkylation sites (tertiary alicyclic amines) is 1. The smallest absolute Gasteiger partial charge is 0.245 e. The number of fused-ring (bicyclic) bond motifs is 2. The number of carbonyl (C=O) groups is 3. The van der Waals surface area contributed by atoms with Gasteiger partial charge in [-0.15, -0.1) is 0 Å². The first kappa shape index (κ1) is 27.4. The molecule has 0 bridgehead atoms. The van der Waals surface area contributed by atoms with Crippen LogP contribution >= 0.6 is 0 Å². The van der Waals surface area contributed by atoms with Crippen LogP contribution < -0.4 is 16.4 Å². The third kappa shape index (κ3) is 6.25. The molecule has 1 aromatic rings. The van der Waals surface area contributed by atoms with Crippen LogP contribution in [-0.4, -0.2) is 54.3 Å². The third-order valence-corrected chi connectivity index (χ3v) is 8.95. The molecule has 1 aromatic carbocycles. The number of hydrogen-bond donors (Lipinski definition) is 3. The van der Waals surface area contributed by atoms with E-state index in [1.807, 2.05) is 18.7 Å². The summed E-state index contributed by atoms with van der Waals surface area (Å²) in [6.07, 6.45) is 13.3. The molecule has 2 fully saturated rings. The van der Waals surface area contributed by atoms with Crippen LogP contribution in [0, 0.1) is 11.8 Å². The predicted molar refractivity (Wildman–Crippen MR) is 147 cm³/mol. The van der Waals surface area contributed by atoms with Crippen LogP contribution in [0.1, 0.15) is 82.8 Å². The summed E-state index contributed by atoms with van der Waals surface area (Å²) in [6, 6.07) is 7.24. The Hall–Kier alpha value is -2.67. The molecule has 1 heterocycles. The van der Waals surface area contributed by atoms with Crippen molar-refractivity contribution < 1.29 is 14.4 Å². The minimum atomic E-state index is -0.664. The molecule has 1 spiro atoms. The van der Waals surface area contributed by atoms with Gasteiger partial charge in [-0.2, -0.15) is 0 Å². The van der Waals surface area contributed by atoms with Gasteiger partial charge in [-0.3, -0.25) is 14.4 Å². The first-order valence-corrected chi connectivity index (χ1v) is 14.2. The third-order valence-electron chi connectivity index (χ3n) is 8.95. The summed E-state index contributed by atoms with van der Waals surface area (Å²) in [6.45, 7) is 5.22. The van der Waals surface area contributed by atoms with Crippen LogP contribution in [0.25, 0.3) is 6.08 Å². The maximum atomic E-state index is 13.8. The van der Waals surface area contributed by atoms with Crippen molar-refractivity contribution in [1.29, 1.82) is 0 Å². The fourth-order valence-electron chi connectivity index (χ4n) is 6.37. The zero-order chi connectivity index (χ0) is 26.4. The normalized spacial score (nSPS) is 21.2. The number of nitrogens with two attached hydrogens (primary N) is 1. The van der Waals surface area contributed by atoms with Crippen LogP contribution in [-0.2, 0) is 19.8 Å². The fraction of sp³-hybridized carbons (Fsp3) is 0.633. The van der Waals surface area contributed by atoms with Gasteiger partial charge in [-0.05, 0) is 42.2 Å². The average molecular weight is 509 g/mol. The lowest BCUT2D eigenvalue weighted by atomic mass is 9.74. The summed E-state index contributed by atoms with van der Waals surface area (Å²) >= 11 is 0. The van der Waals surface area contributed by atoms with Gasteiger partial charge in [-0.25, -0.2) is 0 Å². The number of piperidine rings is 1. The second-order valence-electron chi connectivity index (χ2n) is 11.3. The molecule has 0 radical (unpaired) electrons. The zero-order valence-electron chi connectivity index (χ0n) is 22.5. The van der Waals surface area contributed by atoms with Crippen LogP contribution in [0.2, 0.25) is 0 Å². The van der Waals surface area contributed by atoms with Crippen molar-refractivity contribution in [2.45, 2.75) is 89.1 Å². The van der Waals surface area contributed by atoms with E-state index in [0.29, 0.717) is 25.4 Å². The second-order valence-corrected chi connectivity index (χ2v) is 11.3. The summed E-state index contributed by atoms with van der Waals surface area (Å²) in [4.78, 5) is 41.3.